The molecule has 0 aliphatic heterocycles. The number of carbonyl (C=O) groups is 3. The Morgan fingerprint density at radius 2 is 1.12 bits per heavy atom. The Morgan fingerprint density at radius 1 is 0.750 bits per heavy atom. The summed E-state index contributed by atoms with van der Waals surface area (Å²) < 4.78 is 10.5. The minimum atomic E-state index is -0.181. The predicted octanol–water partition coefficient (Wildman–Crippen LogP) is -0.940. The number of rotatable bonds is 7. The van der Waals surface area contributed by atoms with E-state index in [1.54, 1.807) is 14.2 Å². The molecule has 2 aliphatic rings. The molecule has 0 unspecified atom stereocenters. The van der Waals surface area contributed by atoms with Gasteiger partial charge in [-0.3, -0.25) is 4.79 Å². The first kappa shape index (κ1) is 39.6. The van der Waals surface area contributed by atoms with Crippen LogP contribution in [0.5, 0.6) is 11.5 Å². The summed E-state index contributed by atoms with van der Waals surface area (Å²) in [5.41, 5.74) is 4.65. The van der Waals surface area contributed by atoms with E-state index in [0.29, 0.717) is 0 Å². The topological polar surface area (TPSA) is 102 Å². The molecule has 0 bridgehead atoms. The number of carbonyl (C=O) groups excluding carboxylic acids is 3. The molecule has 2 aliphatic carbocycles. The van der Waals surface area contributed by atoms with E-state index in [9.17, 15) is 9.59 Å². The molecule has 0 saturated carbocycles. The molecule has 0 N–H and O–H groups in total. The van der Waals surface area contributed by atoms with Gasteiger partial charge < -0.3 is 30.6 Å². The van der Waals surface area contributed by atoms with Gasteiger partial charge in [-0.05, 0) is 73.9 Å². The van der Waals surface area contributed by atoms with Gasteiger partial charge in [0.15, 0.2) is 0 Å². The summed E-state index contributed by atoms with van der Waals surface area (Å²) in [7, 11) is 3.35. The minimum absolute atomic E-state index is 0. The van der Waals surface area contributed by atoms with Crippen LogP contribution in [0.15, 0.2) is 60.7 Å². The molecule has 7 nitrogen and oxygen atoms in total. The summed E-state index contributed by atoms with van der Waals surface area (Å²) in [5, 5.41) is 8.43. The third-order valence-corrected chi connectivity index (χ3v) is 6.94. The van der Waals surface area contributed by atoms with E-state index in [1.165, 1.54) is 11.1 Å². The summed E-state index contributed by atoms with van der Waals surface area (Å²) in [4.78, 5) is 33.4. The fraction of sp³-hybridized carbons (Fsp3) is 0.387. The van der Waals surface area contributed by atoms with Crippen LogP contribution in [0.25, 0.3) is 0 Å². The second kappa shape index (κ2) is 22.1. The van der Waals surface area contributed by atoms with Gasteiger partial charge in [0.05, 0.1) is 14.2 Å². The number of aryl methyl sites for hydroxylation is 2. The summed E-state index contributed by atoms with van der Waals surface area (Å²) in [5.74, 6) is 2.49. The minimum Gasteiger partial charge on any atom is -1.00 e. The number of hydrogen-bond donors (Lipinski definition) is 0. The zero-order chi connectivity index (χ0) is 27.9. The molecule has 0 radical (unpaired) electrons. The van der Waals surface area contributed by atoms with Gasteiger partial charge in [-0.1, -0.05) is 48.6 Å². The van der Waals surface area contributed by atoms with Gasteiger partial charge in [0.25, 0.3) is 6.47 Å². The van der Waals surface area contributed by atoms with E-state index in [4.69, 9.17) is 19.5 Å². The van der Waals surface area contributed by atoms with E-state index >= 15 is 0 Å². The molecule has 9 heteroatoms. The Balaban J connectivity index is 0. The maximum Gasteiger partial charge on any atom is 1.00 e. The van der Waals surface area contributed by atoms with Gasteiger partial charge in [-0.2, -0.15) is 0 Å². The number of benzene rings is 2. The second-order valence-corrected chi connectivity index (χ2v) is 9.31. The number of methoxy groups -OCH3 is 2. The first-order chi connectivity index (χ1) is 18.4. The molecule has 4 rings (SSSR count). The summed E-state index contributed by atoms with van der Waals surface area (Å²) in [6, 6.07) is 12.3. The van der Waals surface area contributed by atoms with Crippen LogP contribution in [-0.2, 0) is 19.3 Å². The van der Waals surface area contributed by atoms with Crippen LogP contribution in [0.2, 0.25) is 0 Å². The molecule has 4 atom stereocenters. The van der Waals surface area contributed by atoms with Crippen LogP contribution in [0.3, 0.4) is 0 Å². The van der Waals surface area contributed by atoms with Gasteiger partial charge in [-0.15, -0.1) is 0 Å². The van der Waals surface area contributed by atoms with Crippen molar-refractivity contribution in [3.05, 3.63) is 83.0 Å². The monoisotopic (exact) mass is 600 g/mol. The molecule has 2 aromatic rings. The Bertz CT molecular complexity index is 1040. The SMILES string of the molecule is COc1ccc([C@H]2C=CCC[C@@H]2C=O)cc1C.COc1ccc([C@H]2C=CCC[C@H]2C=O)cc1C.O=CO[O-].[H-].[K+].[K+]. The zero-order valence-electron chi connectivity index (χ0n) is 25.5. The molecular weight excluding hydrogens is 563 g/mol. The van der Waals surface area contributed by atoms with Crippen molar-refractivity contribution < 1.29 is 138 Å². The molecule has 40 heavy (non-hydrogen) atoms. The Labute approximate surface area is 324 Å². The summed E-state index contributed by atoms with van der Waals surface area (Å²) >= 11 is 0. The van der Waals surface area contributed by atoms with E-state index in [2.05, 4.69) is 53.5 Å². The average molecular weight is 601 g/mol. The van der Waals surface area contributed by atoms with Crippen LogP contribution < -0.4 is 118 Å². The van der Waals surface area contributed by atoms with Gasteiger partial charge in [0.1, 0.15) is 24.1 Å². The number of hydrogen-bond acceptors (Lipinski definition) is 7. The van der Waals surface area contributed by atoms with Crippen molar-refractivity contribution in [3.8, 4) is 11.5 Å². The van der Waals surface area contributed by atoms with Crippen LogP contribution >= 0.6 is 0 Å². The summed E-state index contributed by atoms with van der Waals surface area (Å²) in [6.45, 7) is 3.88. The molecule has 0 saturated heterocycles. The van der Waals surface area contributed by atoms with Crippen molar-refractivity contribution in [2.75, 3.05) is 14.2 Å². The van der Waals surface area contributed by atoms with Gasteiger partial charge >= 0.3 is 103 Å². The largest absolute Gasteiger partial charge is 1.00 e. The third kappa shape index (κ3) is 12.0. The van der Waals surface area contributed by atoms with Crippen molar-refractivity contribution in [2.45, 2.75) is 51.4 Å². The van der Waals surface area contributed by atoms with Gasteiger partial charge in [0.2, 0.25) is 0 Å². The van der Waals surface area contributed by atoms with E-state index in [-0.39, 0.29) is 134 Å². The third-order valence-electron chi connectivity index (χ3n) is 6.94. The number of allylic oxidation sites excluding steroid dienone is 4. The maximum atomic E-state index is 11.1. The normalized spacial score (nSPS) is 20.4. The van der Waals surface area contributed by atoms with Crippen LogP contribution in [0.1, 0.15) is 61.2 Å². The molecule has 0 spiro atoms. The predicted molar refractivity (Wildman–Crippen MR) is 145 cm³/mol. The quantitative estimate of drug-likeness (QED) is 0.133. The van der Waals surface area contributed by atoms with Crippen molar-refractivity contribution in [1.29, 1.82) is 0 Å². The van der Waals surface area contributed by atoms with E-state index in [0.717, 1.165) is 60.9 Å². The number of aldehydes is 2. The Morgan fingerprint density at radius 3 is 1.40 bits per heavy atom. The second-order valence-electron chi connectivity index (χ2n) is 9.31. The maximum absolute atomic E-state index is 11.1. The Hall–Kier alpha value is -0.437. The average Bonchev–Trinajstić information content (AvgIpc) is 2.97. The van der Waals surface area contributed by atoms with Crippen molar-refractivity contribution in [2.24, 2.45) is 11.8 Å². The first-order valence-electron chi connectivity index (χ1n) is 12.7. The van der Waals surface area contributed by atoms with Gasteiger partial charge in [0, 0.05) is 23.7 Å². The van der Waals surface area contributed by atoms with Crippen molar-refractivity contribution in [3.63, 3.8) is 0 Å². The van der Waals surface area contributed by atoms with Crippen LogP contribution in [-0.4, -0.2) is 33.3 Å². The fourth-order valence-electron chi connectivity index (χ4n) is 4.95. The molecule has 2 aromatic carbocycles. The van der Waals surface area contributed by atoms with Crippen LogP contribution in [0, 0.1) is 25.7 Å². The smallest absolute Gasteiger partial charge is 1.00 e. The van der Waals surface area contributed by atoms with Gasteiger partial charge in [-0.25, -0.2) is 0 Å². The summed E-state index contributed by atoms with van der Waals surface area (Å²) in [6.07, 6.45) is 14.8. The molecule has 0 heterocycles. The molecular formula is C31H38K2O7. The first-order valence-corrected chi connectivity index (χ1v) is 12.7. The molecule has 0 aromatic heterocycles. The molecule has 0 fully saturated rings. The fourth-order valence-corrected chi connectivity index (χ4v) is 4.95. The Kier molecular flexibility index (Phi) is 21.9. The van der Waals surface area contributed by atoms with E-state index < -0.39 is 0 Å². The number of ether oxygens (including phenoxy) is 2. The zero-order valence-corrected chi connectivity index (χ0v) is 30.7. The van der Waals surface area contributed by atoms with Crippen LogP contribution in [0.4, 0.5) is 0 Å². The molecule has 0 amide bonds. The van der Waals surface area contributed by atoms with Crippen molar-refractivity contribution in [1.82, 2.24) is 0 Å². The van der Waals surface area contributed by atoms with E-state index in [1.807, 2.05) is 26.0 Å². The molecule has 206 valence electrons. The van der Waals surface area contributed by atoms with Crippen molar-refractivity contribution >= 4 is 19.0 Å². The standard InChI is InChI=1S/2C15H18O2.CH2O3.2K.H/c2*1-11-9-12(7-8-15(11)17-2)14-6-4-3-5-13(14)10-16;2-1-4-3;;;/h2*4,6-10,13-14H,3,5H2,1-2H3;1,3H;;;/q;;;2*+1;-1/p-1/t13-,14+;13-,14-;;;;/m01..../s1.